The van der Waals surface area contributed by atoms with E-state index >= 15 is 0 Å². The second kappa shape index (κ2) is 6.08. The van der Waals surface area contributed by atoms with Gasteiger partial charge in [0.25, 0.3) is 0 Å². The molecule has 1 saturated carbocycles. The molecule has 15 heavy (non-hydrogen) atoms. The molecule has 0 aromatic carbocycles. The normalized spacial score (nSPS) is 24.3. The zero-order valence-electron chi connectivity index (χ0n) is 9.69. The van der Waals surface area contributed by atoms with Gasteiger partial charge in [0.2, 0.25) is 0 Å². The first-order valence-electron chi connectivity index (χ1n) is 5.64. The summed E-state index contributed by atoms with van der Waals surface area (Å²) in [6.07, 6.45) is 0.582. The molecule has 1 fully saturated rings. The zero-order valence-corrected chi connectivity index (χ0v) is 9.69. The van der Waals surface area contributed by atoms with Gasteiger partial charge in [-0.25, -0.2) is 0 Å². The smallest absolute Gasteiger partial charge is 0.309 e. The van der Waals surface area contributed by atoms with Crippen LogP contribution >= 0.6 is 0 Å². The quantitative estimate of drug-likeness (QED) is 0.479. The lowest BCUT2D eigenvalue weighted by Gasteiger charge is -2.16. The standard InChI is InChI=1S/C11H20O4/c1-4-13-10(12)8-7-9(8)11(14-5-2)15-6-3/h8-9,11H,4-7H2,1-3H3/t8-,9+/m1/s1. The topological polar surface area (TPSA) is 44.8 Å². The largest absolute Gasteiger partial charge is 0.466 e. The number of rotatable bonds is 7. The van der Waals surface area contributed by atoms with Gasteiger partial charge in [-0.05, 0) is 27.2 Å². The third-order valence-corrected chi connectivity index (χ3v) is 2.44. The molecule has 0 aliphatic heterocycles. The van der Waals surface area contributed by atoms with E-state index in [1.165, 1.54) is 0 Å². The van der Waals surface area contributed by atoms with Gasteiger partial charge in [-0.15, -0.1) is 0 Å². The van der Waals surface area contributed by atoms with Crippen LogP contribution in [0, 0.1) is 11.8 Å². The second-order valence-electron chi connectivity index (χ2n) is 3.54. The molecular formula is C11H20O4. The number of carbonyl (C=O) groups is 1. The Hall–Kier alpha value is -0.610. The van der Waals surface area contributed by atoms with Crippen LogP contribution in [-0.2, 0) is 19.0 Å². The summed E-state index contributed by atoms with van der Waals surface area (Å²) in [6.45, 7) is 7.32. The Bertz CT molecular complexity index is 199. The van der Waals surface area contributed by atoms with Gasteiger partial charge in [0.1, 0.15) is 0 Å². The van der Waals surface area contributed by atoms with Crippen LogP contribution in [-0.4, -0.2) is 32.1 Å². The van der Waals surface area contributed by atoms with E-state index < -0.39 is 0 Å². The van der Waals surface area contributed by atoms with E-state index in [2.05, 4.69) is 0 Å². The first-order valence-corrected chi connectivity index (χ1v) is 5.64. The highest BCUT2D eigenvalue weighted by molar-refractivity contribution is 5.75. The Morgan fingerprint density at radius 3 is 2.27 bits per heavy atom. The highest BCUT2D eigenvalue weighted by Gasteiger charge is 2.49. The van der Waals surface area contributed by atoms with Crippen molar-refractivity contribution in [3.8, 4) is 0 Å². The predicted molar refractivity (Wildman–Crippen MR) is 55.3 cm³/mol. The van der Waals surface area contributed by atoms with E-state index in [0.29, 0.717) is 19.8 Å². The molecule has 0 unspecified atom stereocenters. The molecule has 88 valence electrons. The second-order valence-corrected chi connectivity index (χ2v) is 3.54. The predicted octanol–water partition coefficient (Wildman–Crippen LogP) is 1.58. The van der Waals surface area contributed by atoms with Gasteiger partial charge in [-0.1, -0.05) is 0 Å². The molecule has 4 heteroatoms. The van der Waals surface area contributed by atoms with Crippen molar-refractivity contribution < 1.29 is 19.0 Å². The highest BCUT2D eigenvalue weighted by Crippen LogP contribution is 2.43. The minimum atomic E-state index is -0.241. The minimum Gasteiger partial charge on any atom is -0.466 e. The van der Waals surface area contributed by atoms with Crippen LogP contribution in [0.5, 0.6) is 0 Å². The molecule has 0 aromatic heterocycles. The van der Waals surface area contributed by atoms with Gasteiger partial charge < -0.3 is 14.2 Å². The van der Waals surface area contributed by atoms with Gasteiger partial charge in [-0.2, -0.15) is 0 Å². The van der Waals surface area contributed by atoms with Crippen LogP contribution in [0.2, 0.25) is 0 Å². The van der Waals surface area contributed by atoms with Crippen LogP contribution in [0.1, 0.15) is 27.2 Å². The SMILES string of the molecule is CCOC(=O)[C@@H]1C[C@@H]1C(OCC)OCC. The first kappa shape index (κ1) is 12.5. The number of esters is 1. The summed E-state index contributed by atoms with van der Waals surface area (Å²) in [5.41, 5.74) is 0. The molecule has 0 heterocycles. The molecule has 4 nitrogen and oxygen atoms in total. The summed E-state index contributed by atoms with van der Waals surface area (Å²) < 4.78 is 15.8. The van der Waals surface area contributed by atoms with E-state index in [4.69, 9.17) is 14.2 Å². The maximum absolute atomic E-state index is 11.4. The van der Waals surface area contributed by atoms with Crippen molar-refractivity contribution in [1.82, 2.24) is 0 Å². The van der Waals surface area contributed by atoms with Gasteiger partial charge in [0.05, 0.1) is 12.5 Å². The van der Waals surface area contributed by atoms with Gasteiger partial charge in [-0.3, -0.25) is 4.79 Å². The van der Waals surface area contributed by atoms with Crippen LogP contribution < -0.4 is 0 Å². The third kappa shape index (κ3) is 3.47. The Balaban J connectivity index is 2.35. The van der Waals surface area contributed by atoms with E-state index in [1.54, 1.807) is 0 Å². The first-order chi connectivity index (χ1) is 7.24. The van der Waals surface area contributed by atoms with Crippen molar-refractivity contribution in [2.24, 2.45) is 11.8 Å². The molecule has 1 aliphatic rings. The molecule has 2 atom stereocenters. The average molecular weight is 216 g/mol. The monoisotopic (exact) mass is 216 g/mol. The van der Waals surface area contributed by atoms with Crippen molar-refractivity contribution in [2.45, 2.75) is 33.5 Å². The maximum atomic E-state index is 11.4. The number of carbonyl (C=O) groups excluding carboxylic acids is 1. The summed E-state index contributed by atoms with van der Waals surface area (Å²) in [7, 11) is 0. The van der Waals surface area contributed by atoms with E-state index in [9.17, 15) is 4.79 Å². The average Bonchev–Trinajstić information content (AvgIpc) is 2.97. The van der Waals surface area contributed by atoms with Gasteiger partial charge in [0, 0.05) is 19.1 Å². The van der Waals surface area contributed by atoms with Crippen LogP contribution in [0.3, 0.4) is 0 Å². The molecule has 0 aromatic rings. The molecule has 0 N–H and O–H groups in total. The van der Waals surface area contributed by atoms with Crippen LogP contribution in [0.4, 0.5) is 0 Å². The fraction of sp³-hybridized carbons (Fsp3) is 0.909. The number of hydrogen-bond donors (Lipinski definition) is 0. The van der Waals surface area contributed by atoms with E-state index in [-0.39, 0.29) is 24.1 Å². The molecule has 0 bridgehead atoms. The van der Waals surface area contributed by atoms with Crippen LogP contribution in [0.25, 0.3) is 0 Å². The fourth-order valence-corrected chi connectivity index (χ4v) is 1.66. The highest BCUT2D eigenvalue weighted by atomic mass is 16.7. The van der Waals surface area contributed by atoms with E-state index in [0.717, 1.165) is 6.42 Å². The van der Waals surface area contributed by atoms with Gasteiger partial charge >= 0.3 is 5.97 Å². The number of ether oxygens (including phenoxy) is 3. The van der Waals surface area contributed by atoms with Gasteiger partial charge in [0.15, 0.2) is 6.29 Å². The summed E-state index contributed by atoms with van der Waals surface area (Å²) >= 11 is 0. The molecule has 0 amide bonds. The summed E-state index contributed by atoms with van der Waals surface area (Å²) in [4.78, 5) is 11.4. The van der Waals surface area contributed by atoms with Crippen LogP contribution in [0.15, 0.2) is 0 Å². The summed E-state index contributed by atoms with van der Waals surface area (Å²) in [5, 5.41) is 0. The lowest BCUT2D eigenvalue weighted by atomic mass is 10.3. The Labute approximate surface area is 90.9 Å². The molecular weight excluding hydrogens is 196 g/mol. The van der Waals surface area contributed by atoms with Crippen molar-refractivity contribution in [3.63, 3.8) is 0 Å². The Morgan fingerprint density at radius 2 is 1.80 bits per heavy atom. The maximum Gasteiger partial charge on any atom is 0.309 e. The third-order valence-electron chi connectivity index (χ3n) is 2.44. The Morgan fingerprint density at radius 1 is 1.20 bits per heavy atom. The Kier molecular flexibility index (Phi) is 5.05. The molecule has 0 spiro atoms. The molecule has 1 aliphatic carbocycles. The molecule has 0 saturated heterocycles. The lowest BCUT2D eigenvalue weighted by molar-refractivity contribution is -0.160. The lowest BCUT2D eigenvalue weighted by Crippen LogP contribution is -2.22. The minimum absolute atomic E-state index is 0.0203. The molecule has 0 radical (unpaired) electrons. The van der Waals surface area contributed by atoms with Crippen molar-refractivity contribution in [1.29, 1.82) is 0 Å². The van der Waals surface area contributed by atoms with Crippen molar-refractivity contribution in [3.05, 3.63) is 0 Å². The zero-order chi connectivity index (χ0) is 11.3. The summed E-state index contributed by atoms with van der Waals surface area (Å²) in [5.74, 6) is 0.0453. The molecule has 1 rings (SSSR count). The van der Waals surface area contributed by atoms with Crippen molar-refractivity contribution >= 4 is 5.97 Å². The van der Waals surface area contributed by atoms with E-state index in [1.807, 2.05) is 20.8 Å². The summed E-state index contributed by atoms with van der Waals surface area (Å²) in [6, 6.07) is 0. The number of hydrogen-bond acceptors (Lipinski definition) is 4. The van der Waals surface area contributed by atoms with Crippen molar-refractivity contribution in [2.75, 3.05) is 19.8 Å². The fourth-order valence-electron chi connectivity index (χ4n) is 1.66.